The predicted octanol–water partition coefficient (Wildman–Crippen LogP) is 0.640. The second kappa shape index (κ2) is 4.23. The van der Waals surface area contributed by atoms with Crippen LogP contribution in [0.1, 0.15) is 5.69 Å². The summed E-state index contributed by atoms with van der Waals surface area (Å²) < 4.78 is 4.83. The van der Waals surface area contributed by atoms with Gasteiger partial charge in [0.15, 0.2) is 0 Å². The van der Waals surface area contributed by atoms with E-state index in [9.17, 15) is 0 Å². The number of nitrogens with zero attached hydrogens (tertiary/aromatic N) is 2. The first-order valence-electron chi connectivity index (χ1n) is 3.53. The number of hydrogen-bond donors (Lipinski definition) is 1. The summed E-state index contributed by atoms with van der Waals surface area (Å²) in [6.07, 6.45) is 2.15. The maximum atomic E-state index is 5.80. The fourth-order valence-corrected chi connectivity index (χ4v) is 0.980. The minimum atomic E-state index is 0.322. The Morgan fingerprint density at radius 1 is 1.67 bits per heavy atom. The molecular formula is C7H10ClN3O. The van der Waals surface area contributed by atoms with Gasteiger partial charge in [-0.2, -0.15) is 4.98 Å². The zero-order chi connectivity index (χ0) is 8.97. The molecule has 0 bridgehead atoms. The summed E-state index contributed by atoms with van der Waals surface area (Å²) in [5.41, 5.74) is 6.09. The van der Waals surface area contributed by atoms with Gasteiger partial charge in [0.2, 0.25) is 0 Å². The van der Waals surface area contributed by atoms with Gasteiger partial charge in [-0.1, -0.05) is 11.6 Å². The molecule has 0 saturated heterocycles. The molecule has 0 aliphatic heterocycles. The van der Waals surface area contributed by atoms with Crippen LogP contribution in [0.4, 0.5) is 0 Å². The summed E-state index contributed by atoms with van der Waals surface area (Å²) in [7, 11) is 1.51. The van der Waals surface area contributed by atoms with Crippen LogP contribution in [0.2, 0.25) is 5.02 Å². The van der Waals surface area contributed by atoms with Gasteiger partial charge >= 0.3 is 6.01 Å². The Morgan fingerprint density at radius 3 is 3.00 bits per heavy atom. The number of ether oxygens (including phenoxy) is 1. The molecule has 1 aromatic rings. The van der Waals surface area contributed by atoms with E-state index in [-0.39, 0.29) is 0 Å². The zero-order valence-corrected chi connectivity index (χ0v) is 7.51. The summed E-state index contributed by atoms with van der Waals surface area (Å²) >= 11 is 5.80. The van der Waals surface area contributed by atoms with Crippen molar-refractivity contribution in [1.29, 1.82) is 0 Å². The number of aromatic nitrogens is 2. The van der Waals surface area contributed by atoms with Crippen molar-refractivity contribution in [3.63, 3.8) is 0 Å². The highest BCUT2D eigenvalue weighted by molar-refractivity contribution is 6.31. The Labute approximate surface area is 75.7 Å². The second-order valence-electron chi connectivity index (χ2n) is 2.19. The standard InChI is InChI=1S/C7H10ClN3O/c1-12-7-10-4-5(8)6(11-7)2-3-9/h4H,2-3,9H2,1H3. The van der Waals surface area contributed by atoms with E-state index in [1.807, 2.05) is 0 Å². The van der Waals surface area contributed by atoms with E-state index in [1.165, 1.54) is 13.3 Å². The fourth-order valence-electron chi connectivity index (χ4n) is 0.795. The van der Waals surface area contributed by atoms with Crippen molar-refractivity contribution >= 4 is 11.6 Å². The average Bonchev–Trinajstić information content (AvgIpc) is 2.09. The molecule has 0 radical (unpaired) electrons. The maximum Gasteiger partial charge on any atom is 0.316 e. The highest BCUT2D eigenvalue weighted by Gasteiger charge is 2.03. The molecule has 0 aliphatic carbocycles. The lowest BCUT2D eigenvalue weighted by molar-refractivity contribution is 0.378. The van der Waals surface area contributed by atoms with Gasteiger partial charge in [-0.05, 0) is 6.54 Å². The Morgan fingerprint density at radius 2 is 2.42 bits per heavy atom. The molecule has 66 valence electrons. The smallest absolute Gasteiger partial charge is 0.316 e. The van der Waals surface area contributed by atoms with Crippen molar-refractivity contribution in [2.24, 2.45) is 5.73 Å². The van der Waals surface area contributed by atoms with Crippen LogP contribution in [0.15, 0.2) is 6.20 Å². The normalized spacial score (nSPS) is 9.92. The van der Waals surface area contributed by atoms with Crippen LogP contribution in [0.3, 0.4) is 0 Å². The van der Waals surface area contributed by atoms with Gasteiger partial charge in [0.25, 0.3) is 0 Å². The van der Waals surface area contributed by atoms with Gasteiger partial charge in [0.1, 0.15) is 0 Å². The Kier molecular flexibility index (Phi) is 3.25. The van der Waals surface area contributed by atoms with Crippen LogP contribution in [-0.4, -0.2) is 23.6 Å². The molecule has 1 rings (SSSR count). The molecule has 1 heterocycles. The van der Waals surface area contributed by atoms with E-state index < -0.39 is 0 Å². The Balaban J connectivity index is 2.91. The van der Waals surface area contributed by atoms with Crippen LogP contribution < -0.4 is 10.5 Å². The molecule has 1 aromatic heterocycles. The average molecular weight is 188 g/mol. The van der Waals surface area contributed by atoms with Crippen molar-refractivity contribution in [3.8, 4) is 6.01 Å². The number of rotatable bonds is 3. The van der Waals surface area contributed by atoms with Gasteiger partial charge in [-0.25, -0.2) is 4.98 Å². The molecule has 4 nitrogen and oxygen atoms in total. The molecule has 5 heteroatoms. The monoisotopic (exact) mass is 187 g/mol. The van der Waals surface area contributed by atoms with Crippen LogP contribution in [0.5, 0.6) is 6.01 Å². The molecule has 0 fully saturated rings. The van der Waals surface area contributed by atoms with Gasteiger partial charge in [0, 0.05) is 6.42 Å². The van der Waals surface area contributed by atoms with Gasteiger partial charge in [-0.15, -0.1) is 0 Å². The molecule has 2 N–H and O–H groups in total. The number of methoxy groups -OCH3 is 1. The largest absolute Gasteiger partial charge is 0.467 e. The number of halogens is 1. The topological polar surface area (TPSA) is 61.0 Å². The van der Waals surface area contributed by atoms with E-state index in [0.29, 0.717) is 24.0 Å². The van der Waals surface area contributed by atoms with Crippen LogP contribution in [0.25, 0.3) is 0 Å². The second-order valence-corrected chi connectivity index (χ2v) is 2.60. The van der Waals surface area contributed by atoms with Gasteiger partial charge in [-0.3, -0.25) is 0 Å². The molecule has 12 heavy (non-hydrogen) atoms. The minimum absolute atomic E-state index is 0.322. The third-order valence-electron chi connectivity index (χ3n) is 1.36. The summed E-state index contributed by atoms with van der Waals surface area (Å²) in [5.74, 6) is 0. The molecule has 0 aliphatic rings. The minimum Gasteiger partial charge on any atom is -0.467 e. The van der Waals surface area contributed by atoms with Crippen molar-refractivity contribution in [1.82, 2.24) is 9.97 Å². The van der Waals surface area contributed by atoms with Gasteiger partial charge < -0.3 is 10.5 Å². The summed E-state index contributed by atoms with van der Waals surface area (Å²) in [5, 5.41) is 0.529. The van der Waals surface area contributed by atoms with Gasteiger partial charge in [0.05, 0.1) is 24.0 Å². The van der Waals surface area contributed by atoms with E-state index in [0.717, 1.165) is 5.69 Å². The van der Waals surface area contributed by atoms with Crippen LogP contribution >= 0.6 is 11.6 Å². The lowest BCUT2D eigenvalue weighted by Gasteiger charge is -2.02. The molecule has 0 spiro atoms. The molecule has 0 amide bonds. The first-order chi connectivity index (χ1) is 5.77. The predicted molar refractivity (Wildman–Crippen MR) is 46.4 cm³/mol. The molecule has 0 unspecified atom stereocenters. The first kappa shape index (κ1) is 9.22. The van der Waals surface area contributed by atoms with Crippen molar-refractivity contribution < 1.29 is 4.74 Å². The van der Waals surface area contributed by atoms with E-state index >= 15 is 0 Å². The van der Waals surface area contributed by atoms with E-state index in [1.54, 1.807) is 0 Å². The first-order valence-corrected chi connectivity index (χ1v) is 3.91. The molecule has 0 atom stereocenters. The summed E-state index contributed by atoms with van der Waals surface area (Å²) in [4.78, 5) is 7.87. The molecule has 0 aromatic carbocycles. The Bertz CT molecular complexity index is 267. The SMILES string of the molecule is COc1ncc(Cl)c(CCN)n1. The maximum absolute atomic E-state index is 5.80. The highest BCUT2D eigenvalue weighted by atomic mass is 35.5. The summed E-state index contributed by atoms with van der Waals surface area (Å²) in [6.45, 7) is 0.514. The molecule has 0 saturated carbocycles. The van der Waals surface area contributed by atoms with E-state index in [4.69, 9.17) is 22.1 Å². The summed E-state index contributed by atoms with van der Waals surface area (Å²) in [6, 6.07) is 0.322. The Hall–Kier alpha value is -0.870. The lowest BCUT2D eigenvalue weighted by Crippen LogP contribution is -2.06. The van der Waals surface area contributed by atoms with Crippen molar-refractivity contribution in [2.45, 2.75) is 6.42 Å². The lowest BCUT2D eigenvalue weighted by atomic mass is 10.3. The fraction of sp³-hybridized carbons (Fsp3) is 0.429. The third-order valence-corrected chi connectivity index (χ3v) is 1.67. The van der Waals surface area contributed by atoms with Crippen LogP contribution in [0, 0.1) is 0 Å². The van der Waals surface area contributed by atoms with E-state index in [2.05, 4.69) is 9.97 Å². The van der Waals surface area contributed by atoms with Crippen molar-refractivity contribution in [2.75, 3.05) is 13.7 Å². The quantitative estimate of drug-likeness (QED) is 0.755. The molecular weight excluding hydrogens is 178 g/mol. The zero-order valence-electron chi connectivity index (χ0n) is 6.75. The highest BCUT2D eigenvalue weighted by Crippen LogP contribution is 2.14. The number of hydrogen-bond acceptors (Lipinski definition) is 4. The number of nitrogens with two attached hydrogens (primary N) is 1. The van der Waals surface area contributed by atoms with Crippen LogP contribution in [-0.2, 0) is 6.42 Å². The third kappa shape index (κ3) is 2.06. The van der Waals surface area contributed by atoms with Crippen molar-refractivity contribution in [3.05, 3.63) is 16.9 Å².